The average molecular weight is 454 g/mol. The van der Waals surface area contributed by atoms with Crippen molar-refractivity contribution in [3.63, 3.8) is 0 Å². The van der Waals surface area contributed by atoms with Gasteiger partial charge in [0.25, 0.3) is 0 Å². The minimum absolute atomic E-state index is 0.253. The van der Waals surface area contributed by atoms with E-state index in [-0.39, 0.29) is 5.25 Å². The summed E-state index contributed by atoms with van der Waals surface area (Å²) >= 11 is 1.49. The smallest absolute Gasteiger partial charge is 0.183 e. The Labute approximate surface area is 186 Å². The van der Waals surface area contributed by atoms with E-state index < -0.39 is 10.8 Å². The van der Waals surface area contributed by atoms with Gasteiger partial charge in [0.2, 0.25) is 0 Å². The van der Waals surface area contributed by atoms with Crippen molar-refractivity contribution in [2.45, 2.75) is 47.6 Å². The van der Waals surface area contributed by atoms with Gasteiger partial charge < -0.3 is 4.74 Å². The summed E-state index contributed by atoms with van der Waals surface area (Å²) in [7, 11) is 0.864. The molecule has 1 atom stereocenters. The lowest BCUT2D eigenvalue weighted by molar-refractivity contribution is 0.0856. The first-order valence-electron chi connectivity index (χ1n) is 10.8. The first kappa shape index (κ1) is 19.5. The molecule has 1 saturated heterocycles. The number of rotatable bonds is 4. The van der Waals surface area contributed by atoms with Gasteiger partial charge in [0, 0.05) is 48.9 Å². The highest BCUT2D eigenvalue weighted by Crippen LogP contribution is 2.38. The highest BCUT2D eigenvalue weighted by atomic mass is 32.2. The lowest BCUT2D eigenvalue weighted by Gasteiger charge is -2.23. The summed E-state index contributed by atoms with van der Waals surface area (Å²) < 4.78 is 21.1. The summed E-state index contributed by atoms with van der Waals surface area (Å²) in [6.07, 6.45) is 8.98. The van der Waals surface area contributed by atoms with E-state index in [9.17, 15) is 4.21 Å². The normalized spacial score (nSPS) is 19.1. The molecule has 1 unspecified atom stereocenters. The largest absolute Gasteiger partial charge is 0.381 e. The maximum atomic E-state index is 13.0. The van der Waals surface area contributed by atoms with Crippen LogP contribution in [0.3, 0.4) is 0 Å². The Morgan fingerprint density at radius 3 is 2.77 bits per heavy atom. The molecule has 0 spiro atoms. The van der Waals surface area contributed by atoms with E-state index in [4.69, 9.17) is 14.7 Å². The topological polar surface area (TPSA) is 82.8 Å². The predicted octanol–water partition coefficient (Wildman–Crippen LogP) is 4.19. The van der Waals surface area contributed by atoms with Crippen LogP contribution in [0.4, 0.5) is 0 Å². The van der Waals surface area contributed by atoms with Crippen LogP contribution in [0.15, 0.2) is 28.9 Å². The van der Waals surface area contributed by atoms with E-state index >= 15 is 0 Å². The number of hydrogen-bond acceptors (Lipinski definition) is 7. The van der Waals surface area contributed by atoms with Crippen molar-refractivity contribution < 1.29 is 8.95 Å². The van der Waals surface area contributed by atoms with Crippen LogP contribution in [0.2, 0.25) is 0 Å². The molecule has 31 heavy (non-hydrogen) atoms. The van der Waals surface area contributed by atoms with Crippen LogP contribution in [-0.4, -0.2) is 47.4 Å². The molecule has 1 aliphatic heterocycles. The predicted molar refractivity (Wildman–Crippen MR) is 122 cm³/mol. The second-order valence-electron chi connectivity index (χ2n) is 8.41. The Hall–Kier alpha value is -2.23. The summed E-state index contributed by atoms with van der Waals surface area (Å²) in [4.78, 5) is 15.2. The third kappa shape index (κ3) is 3.48. The lowest BCUT2D eigenvalue weighted by atomic mass is 9.90. The molecule has 0 radical (unpaired) electrons. The zero-order valence-corrected chi connectivity index (χ0v) is 18.9. The number of fused-ring (bicyclic) bond motifs is 2. The zero-order chi connectivity index (χ0) is 20.9. The van der Waals surface area contributed by atoms with Gasteiger partial charge in [-0.3, -0.25) is 8.89 Å². The van der Waals surface area contributed by atoms with Gasteiger partial charge in [0.1, 0.15) is 10.3 Å². The highest BCUT2D eigenvalue weighted by Gasteiger charge is 2.29. The van der Waals surface area contributed by atoms with E-state index in [0.29, 0.717) is 5.92 Å². The van der Waals surface area contributed by atoms with Crippen LogP contribution in [0.1, 0.15) is 43.6 Å². The Morgan fingerprint density at radius 1 is 1.16 bits per heavy atom. The fraction of sp³-hybridized carbons (Fsp3) is 0.455. The first-order valence-corrected chi connectivity index (χ1v) is 12.8. The third-order valence-electron chi connectivity index (χ3n) is 6.33. The monoisotopic (exact) mass is 453 g/mol. The number of aryl methyl sites for hydroxylation is 1. The molecule has 7 nitrogen and oxygen atoms in total. The number of thiazole rings is 1. The summed E-state index contributed by atoms with van der Waals surface area (Å²) in [6.45, 7) is 1.52. The van der Waals surface area contributed by atoms with Crippen molar-refractivity contribution in [3.8, 4) is 11.3 Å². The Bertz CT molecular complexity index is 1300. The fourth-order valence-electron chi connectivity index (χ4n) is 4.37. The van der Waals surface area contributed by atoms with Crippen molar-refractivity contribution >= 4 is 43.5 Å². The van der Waals surface area contributed by atoms with E-state index in [1.807, 2.05) is 19.4 Å². The van der Waals surface area contributed by atoms with E-state index in [2.05, 4.69) is 22.2 Å². The van der Waals surface area contributed by atoms with Crippen LogP contribution < -0.4 is 0 Å². The molecule has 9 heteroatoms. The molecule has 4 aromatic heterocycles. The Balaban J connectivity index is 1.49. The zero-order valence-electron chi connectivity index (χ0n) is 17.3. The highest BCUT2D eigenvalue weighted by molar-refractivity contribution is 7.88. The quantitative estimate of drug-likeness (QED) is 0.461. The Morgan fingerprint density at radius 2 is 2.00 bits per heavy atom. The fourth-order valence-corrected chi connectivity index (χ4v) is 7.28. The van der Waals surface area contributed by atoms with Crippen LogP contribution in [0, 0.1) is 0 Å². The van der Waals surface area contributed by atoms with Crippen molar-refractivity contribution in [2.24, 2.45) is 7.05 Å². The number of pyridine rings is 2. The van der Waals surface area contributed by atoms with Gasteiger partial charge in [-0.15, -0.1) is 0 Å². The number of hydrogen-bond donors (Lipinski definition) is 0. The minimum atomic E-state index is -1.03. The van der Waals surface area contributed by atoms with Gasteiger partial charge >= 0.3 is 0 Å². The molecular weight excluding hydrogens is 430 g/mol. The van der Waals surface area contributed by atoms with Gasteiger partial charge in [-0.2, -0.15) is 5.10 Å². The molecule has 0 aromatic carbocycles. The molecule has 5 heterocycles. The summed E-state index contributed by atoms with van der Waals surface area (Å²) in [5.74, 6) is 0.375. The van der Waals surface area contributed by atoms with Gasteiger partial charge in [-0.1, -0.05) is 17.8 Å². The van der Waals surface area contributed by atoms with E-state index in [0.717, 1.165) is 75.9 Å². The average Bonchev–Trinajstić information content (AvgIpc) is 3.34. The van der Waals surface area contributed by atoms with Gasteiger partial charge in [-0.05, 0) is 49.3 Å². The molecule has 1 aliphatic carbocycles. The molecule has 2 aliphatic rings. The number of aromatic nitrogens is 5. The van der Waals surface area contributed by atoms with Crippen LogP contribution in [-0.2, 0) is 22.6 Å². The van der Waals surface area contributed by atoms with Crippen LogP contribution in [0.25, 0.3) is 32.6 Å². The first-order chi connectivity index (χ1) is 15.2. The van der Waals surface area contributed by atoms with Crippen molar-refractivity contribution in [3.05, 3.63) is 30.1 Å². The molecule has 4 aromatic rings. The summed E-state index contributed by atoms with van der Waals surface area (Å²) in [5, 5.41) is 5.62. The van der Waals surface area contributed by atoms with Gasteiger partial charge in [0.05, 0.1) is 16.5 Å². The molecule has 0 amide bonds. The van der Waals surface area contributed by atoms with Gasteiger partial charge in [0.15, 0.2) is 9.99 Å². The van der Waals surface area contributed by atoms with Crippen LogP contribution in [0.5, 0.6) is 0 Å². The molecule has 160 valence electrons. The van der Waals surface area contributed by atoms with Crippen LogP contribution >= 0.6 is 11.3 Å². The summed E-state index contributed by atoms with van der Waals surface area (Å²) in [5.41, 5.74) is 4.69. The molecule has 1 saturated carbocycles. The summed E-state index contributed by atoms with van der Waals surface area (Å²) in [6, 6.07) is 4.25. The molecule has 6 rings (SSSR count). The van der Waals surface area contributed by atoms with Gasteiger partial charge in [-0.25, -0.2) is 15.0 Å². The minimum Gasteiger partial charge on any atom is -0.381 e. The molecule has 0 N–H and O–H groups in total. The third-order valence-corrected chi connectivity index (χ3v) is 9.33. The van der Waals surface area contributed by atoms with E-state index in [1.165, 1.54) is 23.3 Å². The van der Waals surface area contributed by atoms with Crippen molar-refractivity contribution in [1.82, 2.24) is 24.7 Å². The SMILES string of the molecule is Cn1cc2cc(-c3cc(C4CCOCC4)c4nc(S(=O)C5CCC5)sc4n3)cnc2n1. The second-order valence-corrected chi connectivity index (χ2v) is 11.3. The van der Waals surface area contributed by atoms with E-state index in [1.54, 1.807) is 4.68 Å². The standard InChI is InChI=1S/C22H23N5O2S2/c1-27-12-15-9-14(11-23-20(15)26-27)18-10-17(13-5-7-29-8-6-13)19-21(24-18)30-22(25-19)31(28)16-3-2-4-16/h9-13,16H,2-8H2,1H3. The molecule has 2 fully saturated rings. The molecular formula is C22H23N5O2S2. The second kappa shape index (κ2) is 7.72. The number of ether oxygens (including phenoxy) is 1. The van der Waals surface area contributed by atoms with Crippen molar-refractivity contribution in [1.29, 1.82) is 0 Å². The number of nitrogens with zero attached hydrogens (tertiary/aromatic N) is 5. The molecule has 0 bridgehead atoms. The maximum absolute atomic E-state index is 13.0. The van der Waals surface area contributed by atoms with Crippen molar-refractivity contribution in [2.75, 3.05) is 13.2 Å². The maximum Gasteiger partial charge on any atom is 0.183 e. The Kier molecular flexibility index (Phi) is 4.85. The lowest BCUT2D eigenvalue weighted by Crippen LogP contribution is -2.23.